The fourth-order valence-corrected chi connectivity index (χ4v) is 3.46. The van der Waals surface area contributed by atoms with E-state index in [1.165, 1.54) is 11.1 Å². The van der Waals surface area contributed by atoms with Crippen molar-refractivity contribution in [3.63, 3.8) is 0 Å². The van der Waals surface area contributed by atoms with Gasteiger partial charge in [0.2, 0.25) is 10.0 Å². The smallest absolute Gasteiger partial charge is 0.209 e. The highest BCUT2D eigenvalue weighted by molar-refractivity contribution is 14.0. The lowest BCUT2D eigenvalue weighted by atomic mass is 10.1. The molecule has 0 radical (unpaired) electrons. The summed E-state index contributed by atoms with van der Waals surface area (Å²) in [6, 6.07) is 8.24. The van der Waals surface area contributed by atoms with Crippen LogP contribution in [-0.2, 0) is 16.6 Å². The van der Waals surface area contributed by atoms with Crippen molar-refractivity contribution in [1.29, 1.82) is 0 Å². The van der Waals surface area contributed by atoms with Crippen LogP contribution in [0.2, 0.25) is 0 Å². The van der Waals surface area contributed by atoms with Crippen molar-refractivity contribution >= 4 is 40.0 Å². The molecule has 0 fully saturated rings. The Morgan fingerprint density at radius 3 is 2.40 bits per heavy atom. The maximum Gasteiger partial charge on any atom is 0.209 e. The lowest BCUT2D eigenvalue weighted by Gasteiger charge is -2.26. The van der Waals surface area contributed by atoms with E-state index in [0.29, 0.717) is 6.54 Å². The highest BCUT2D eigenvalue weighted by Crippen LogP contribution is 2.10. The predicted molar refractivity (Wildman–Crippen MR) is 116 cm³/mol. The van der Waals surface area contributed by atoms with Crippen molar-refractivity contribution in [2.24, 2.45) is 4.99 Å². The second-order valence-corrected chi connectivity index (χ2v) is 8.46. The molecule has 1 rings (SSSR count). The summed E-state index contributed by atoms with van der Waals surface area (Å²) >= 11 is 0. The summed E-state index contributed by atoms with van der Waals surface area (Å²) in [6.07, 6.45) is 1.16. The van der Waals surface area contributed by atoms with Gasteiger partial charge in [0, 0.05) is 25.7 Å². The van der Waals surface area contributed by atoms with E-state index in [4.69, 9.17) is 0 Å². The Hall–Kier alpha value is -0.870. The van der Waals surface area contributed by atoms with E-state index < -0.39 is 15.6 Å². The van der Waals surface area contributed by atoms with Gasteiger partial charge in [-0.2, -0.15) is 0 Å². The Morgan fingerprint density at radius 1 is 1.28 bits per heavy atom. The van der Waals surface area contributed by atoms with E-state index in [2.05, 4.69) is 34.1 Å². The molecule has 0 aliphatic heterocycles. The molecule has 0 amide bonds. The second-order valence-electron chi connectivity index (χ2n) is 6.71. The molecule has 144 valence electrons. The first-order chi connectivity index (χ1) is 11.0. The van der Waals surface area contributed by atoms with Crippen LogP contribution in [0.4, 0.5) is 0 Å². The number of hydrogen-bond donors (Lipinski definition) is 2. The van der Waals surface area contributed by atoms with Crippen LogP contribution in [0, 0.1) is 6.92 Å². The minimum Gasteiger partial charge on any atom is -0.357 e. The van der Waals surface area contributed by atoms with Crippen molar-refractivity contribution in [3.8, 4) is 0 Å². The average Bonchev–Trinajstić information content (AvgIpc) is 2.43. The van der Waals surface area contributed by atoms with Crippen molar-refractivity contribution in [2.75, 3.05) is 26.4 Å². The molecule has 1 aromatic rings. The van der Waals surface area contributed by atoms with E-state index in [1.54, 1.807) is 0 Å². The molecule has 2 N–H and O–H groups in total. The number of benzene rings is 1. The molecule has 6 nitrogen and oxygen atoms in total. The number of aliphatic imine (C=N–C) groups is 1. The van der Waals surface area contributed by atoms with Crippen LogP contribution in [0.5, 0.6) is 0 Å². The Balaban J connectivity index is 0.00000576. The Kier molecular flexibility index (Phi) is 9.96. The van der Waals surface area contributed by atoms with Crippen LogP contribution in [0.15, 0.2) is 29.3 Å². The Labute approximate surface area is 169 Å². The minimum atomic E-state index is -3.27. The van der Waals surface area contributed by atoms with Crippen molar-refractivity contribution in [2.45, 2.75) is 39.8 Å². The number of rotatable bonds is 7. The van der Waals surface area contributed by atoms with Crippen molar-refractivity contribution < 1.29 is 8.42 Å². The van der Waals surface area contributed by atoms with Gasteiger partial charge >= 0.3 is 0 Å². The lowest BCUT2D eigenvalue weighted by Crippen LogP contribution is -2.47. The first kappa shape index (κ1) is 24.1. The molecular formula is C17H31IN4O2S. The summed E-state index contributed by atoms with van der Waals surface area (Å²) in [5, 5.41) is 3.26. The van der Waals surface area contributed by atoms with Crippen LogP contribution in [-0.4, -0.2) is 51.2 Å². The molecule has 0 bridgehead atoms. The van der Waals surface area contributed by atoms with Gasteiger partial charge in [-0.1, -0.05) is 24.3 Å². The molecule has 25 heavy (non-hydrogen) atoms. The summed E-state index contributed by atoms with van der Waals surface area (Å²) < 4.78 is 25.5. The van der Waals surface area contributed by atoms with E-state index >= 15 is 0 Å². The van der Waals surface area contributed by atoms with Gasteiger partial charge < -0.3 is 10.2 Å². The first-order valence-electron chi connectivity index (χ1n) is 8.07. The zero-order chi connectivity index (χ0) is 18.4. The third-order valence-electron chi connectivity index (χ3n) is 3.45. The third kappa shape index (κ3) is 9.41. The number of halogens is 1. The fraction of sp³-hybridized carbons (Fsp3) is 0.588. The summed E-state index contributed by atoms with van der Waals surface area (Å²) in [6.45, 7) is 9.57. The van der Waals surface area contributed by atoms with Gasteiger partial charge in [0.05, 0.1) is 12.8 Å². The number of guanidine groups is 1. The largest absolute Gasteiger partial charge is 0.357 e. The molecule has 0 saturated heterocycles. The molecule has 0 heterocycles. The van der Waals surface area contributed by atoms with E-state index in [0.717, 1.165) is 25.3 Å². The van der Waals surface area contributed by atoms with Crippen molar-refractivity contribution in [1.82, 2.24) is 14.9 Å². The Morgan fingerprint density at radius 2 is 1.88 bits per heavy atom. The molecule has 0 atom stereocenters. The van der Waals surface area contributed by atoms with Crippen LogP contribution in [0.3, 0.4) is 0 Å². The van der Waals surface area contributed by atoms with Crippen LogP contribution in [0.25, 0.3) is 0 Å². The van der Waals surface area contributed by atoms with Crippen LogP contribution < -0.4 is 10.0 Å². The van der Waals surface area contributed by atoms with E-state index in [-0.39, 0.29) is 24.0 Å². The fourth-order valence-electron chi connectivity index (χ4n) is 2.39. The van der Waals surface area contributed by atoms with Gasteiger partial charge in [0.25, 0.3) is 0 Å². The standard InChI is InChI=1S/C17H30N4O2S.HI/c1-7-18-16(19-13-17(3,4)20-24(6,22)23)21(5)12-15-11-9-8-10-14(15)2;/h8-11,20H,7,12-13H2,1-6H3,(H,18,19);1H. The summed E-state index contributed by atoms with van der Waals surface area (Å²) in [5.41, 5.74) is 1.83. The quantitative estimate of drug-likeness (QED) is 0.356. The van der Waals surface area contributed by atoms with Gasteiger partial charge in [-0.25, -0.2) is 13.1 Å². The molecule has 8 heteroatoms. The zero-order valence-electron chi connectivity index (χ0n) is 16.0. The number of hydrogen-bond acceptors (Lipinski definition) is 3. The maximum atomic E-state index is 11.4. The maximum absolute atomic E-state index is 11.4. The Bertz CT molecular complexity index is 675. The third-order valence-corrected chi connectivity index (χ3v) is 4.37. The van der Waals surface area contributed by atoms with Crippen molar-refractivity contribution in [3.05, 3.63) is 35.4 Å². The van der Waals surface area contributed by atoms with Gasteiger partial charge in [0.15, 0.2) is 5.96 Å². The minimum absolute atomic E-state index is 0. The molecule has 0 aliphatic rings. The first-order valence-corrected chi connectivity index (χ1v) is 9.96. The normalized spacial score (nSPS) is 12.5. The molecule has 0 spiro atoms. The summed E-state index contributed by atoms with van der Waals surface area (Å²) in [7, 11) is -1.29. The number of nitrogens with one attached hydrogen (secondary N) is 2. The predicted octanol–water partition coefficient (Wildman–Crippen LogP) is 2.34. The molecular weight excluding hydrogens is 451 g/mol. The average molecular weight is 482 g/mol. The van der Waals surface area contributed by atoms with Gasteiger partial charge in [0.1, 0.15) is 0 Å². The van der Waals surface area contributed by atoms with Crippen LogP contribution in [0.1, 0.15) is 31.9 Å². The highest BCUT2D eigenvalue weighted by atomic mass is 127. The molecule has 0 unspecified atom stereocenters. The number of nitrogens with zero attached hydrogens (tertiary/aromatic N) is 2. The molecule has 0 aromatic heterocycles. The topological polar surface area (TPSA) is 73.8 Å². The monoisotopic (exact) mass is 482 g/mol. The SMILES string of the molecule is CCNC(=NCC(C)(C)NS(C)(=O)=O)N(C)Cc1ccccc1C.I. The van der Waals surface area contributed by atoms with Crippen LogP contribution >= 0.6 is 24.0 Å². The summed E-state index contributed by atoms with van der Waals surface area (Å²) in [5.74, 6) is 0.754. The second kappa shape index (κ2) is 10.3. The van der Waals surface area contributed by atoms with Gasteiger partial charge in [-0.3, -0.25) is 4.99 Å². The van der Waals surface area contributed by atoms with Gasteiger partial charge in [-0.15, -0.1) is 24.0 Å². The molecule has 0 saturated carbocycles. The highest BCUT2D eigenvalue weighted by Gasteiger charge is 2.22. The zero-order valence-corrected chi connectivity index (χ0v) is 19.1. The molecule has 0 aliphatic carbocycles. The summed E-state index contributed by atoms with van der Waals surface area (Å²) in [4.78, 5) is 6.64. The lowest BCUT2D eigenvalue weighted by molar-refractivity contribution is 0.446. The number of aryl methyl sites for hydroxylation is 1. The van der Waals surface area contributed by atoms with Gasteiger partial charge in [-0.05, 0) is 38.8 Å². The molecule has 1 aromatic carbocycles. The van der Waals surface area contributed by atoms with E-state index in [9.17, 15) is 8.42 Å². The van der Waals surface area contributed by atoms with E-state index in [1.807, 2.05) is 44.9 Å². The number of sulfonamides is 1.